The summed E-state index contributed by atoms with van der Waals surface area (Å²) in [5, 5.41) is 0. The van der Waals surface area contributed by atoms with Crippen LogP contribution in [0.2, 0.25) is 0 Å². The molecular formula is C14H19NO4. The number of hydroxylamine groups is 1. The van der Waals surface area contributed by atoms with Crippen molar-refractivity contribution < 1.29 is 19.2 Å². The van der Waals surface area contributed by atoms with Gasteiger partial charge in [-0.3, -0.25) is 14.4 Å². The van der Waals surface area contributed by atoms with Gasteiger partial charge in [-0.05, 0) is 38.1 Å². The number of ether oxygens (including phenoxy) is 1. The summed E-state index contributed by atoms with van der Waals surface area (Å²) in [5.74, 6) is 0.365. The summed E-state index contributed by atoms with van der Waals surface area (Å²) in [6.07, 6.45) is 0.277. The van der Waals surface area contributed by atoms with Crippen LogP contribution in [0.25, 0.3) is 0 Å². The van der Waals surface area contributed by atoms with Crippen molar-refractivity contribution in [1.82, 2.24) is 5.48 Å². The molecule has 1 N–H and O–H groups in total. The van der Waals surface area contributed by atoms with Gasteiger partial charge < -0.3 is 4.74 Å². The monoisotopic (exact) mass is 265 g/mol. The number of amides is 1. The Bertz CT molecular complexity index is 414. The average Bonchev–Trinajstić information content (AvgIpc) is 2.43. The molecule has 0 spiro atoms. The van der Waals surface area contributed by atoms with Gasteiger partial charge in [-0.2, -0.15) is 0 Å². The first kappa shape index (κ1) is 15.2. The lowest BCUT2D eigenvalue weighted by Crippen LogP contribution is -2.23. The Labute approximate surface area is 112 Å². The Morgan fingerprint density at radius 1 is 1.05 bits per heavy atom. The normalized spacial score (nSPS) is 10.0. The van der Waals surface area contributed by atoms with E-state index in [1.165, 1.54) is 0 Å². The molecule has 0 atom stereocenters. The molecule has 0 fully saturated rings. The Hall–Kier alpha value is -1.88. The van der Waals surface area contributed by atoms with Crippen molar-refractivity contribution in [3.05, 3.63) is 29.8 Å². The average molecular weight is 265 g/mol. The number of carbonyl (C=O) groups excluding carboxylic acids is 2. The van der Waals surface area contributed by atoms with Crippen molar-refractivity contribution in [3.63, 3.8) is 0 Å². The van der Waals surface area contributed by atoms with Gasteiger partial charge in [0.1, 0.15) is 5.75 Å². The van der Waals surface area contributed by atoms with Crippen LogP contribution in [-0.2, 0) is 9.63 Å². The number of rotatable bonds is 8. The van der Waals surface area contributed by atoms with Gasteiger partial charge in [0.25, 0.3) is 0 Å². The van der Waals surface area contributed by atoms with Crippen molar-refractivity contribution in [3.8, 4) is 5.75 Å². The third kappa shape index (κ3) is 5.52. The summed E-state index contributed by atoms with van der Waals surface area (Å²) < 4.78 is 5.29. The van der Waals surface area contributed by atoms with E-state index in [9.17, 15) is 9.59 Å². The predicted molar refractivity (Wildman–Crippen MR) is 70.9 cm³/mol. The van der Waals surface area contributed by atoms with E-state index in [1.54, 1.807) is 31.2 Å². The van der Waals surface area contributed by atoms with Crippen LogP contribution < -0.4 is 10.2 Å². The zero-order chi connectivity index (χ0) is 14.1. The standard InChI is InChI=1S/C14H19NO4/c1-3-18-12-7-5-11(6-8-12)13(16)9-10-14(17)15-19-4-2/h5-8H,3-4,9-10H2,1-2H3,(H,15,17). The molecule has 1 rings (SSSR count). The molecule has 0 saturated carbocycles. The van der Waals surface area contributed by atoms with Crippen LogP contribution in [0.1, 0.15) is 37.0 Å². The lowest BCUT2D eigenvalue weighted by molar-refractivity contribution is -0.133. The molecule has 104 valence electrons. The van der Waals surface area contributed by atoms with Gasteiger partial charge in [0.2, 0.25) is 5.91 Å². The van der Waals surface area contributed by atoms with Crippen LogP contribution in [0, 0.1) is 0 Å². The second kappa shape index (κ2) is 8.26. The van der Waals surface area contributed by atoms with Gasteiger partial charge >= 0.3 is 0 Å². The highest BCUT2D eigenvalue weighted by Gasteiger charge is 2.09. The molecule has 0 radical (unpaired) electrons. The van der Waals surface area contributed by atoms with Crippen LogP contribution >= 0.6 is 0 Å². The number of benzene rings is 1. The Morgan fingerprint density at radius 3 is 2.32 bits per heavy atom. The van der Waals surface area contributed by atoms with E-state index in [0.29, 0.717) is 18.8 Å². The highest BCUT2D eigenvalue weighted by molar-refractivity contribution is 5.97. The number of hydrogen-bond donors (Lipinski definition) is 1. The lowest BCUT2D eigenvalue weighted by atomic mass is 10.1. The van der Waals surface area contributed by atoms with E-state index in [2.05, 4.69) is 5.48 Å². The van der Waals surface area contributed by atoms with Crippen LogP contribution in [0.15, 0.2) is 24.3 Å². The first-order valence-electron chi connectivity index (χ1n) is 6.34. The van der Waals surface area contributed by atoms with E-state index in [-0.39, 0.29) is 24.5 Å². The van der Waals surface area contributed by atoms with Gasteiger partial charge in [0.15, 0.2) is 5.78 Å². The second-order valence-electron chi connectivity index (χ2n) is 3.84. The Kier molecular flexibility index (Phi) is 6.60. The van der Waals surface area contributed by atoms with E-state index in [4.69, 9.17) is 9.57 Å². The molecular weight excluding hydrogens is 246 g/mol. The number of nitrogens with one attached hydrogen (secondary N) is 1. The number of carbonyl (C=O) groups is 2. The zero-order valence-electron chi connectivity index (χ0n) is 11.3. The largest absolute Gasteiger partial charge is 0.494 e. The third-order valence-electron chi connectivity index (χ3n) is 2.40. The molecule has 0 aliphatic carbocycles. The van der Waals surface area contributed by atoms with Crippen molar-refractivity contribution >= 4 is 11.7 Å². The third-order valence-corrected chi connectivity index (χ3v) is 2.40. The SMILES string of the molecule is CCONC(=O)CCC(=O)c1ccc(OCC)cc1. The minimum atomic E-state index is -0.291. The van der Waals surface area contributed by atoms with Gasteiger partial charge in [0.05, 0.1) is 13.2 Å². The molecule has 0 bridgehead atoms. The molecule has 0 aliphatic rings. The smallest absolute Gasteiger partial charge is 0.243 e. The van der Waals surface area contributed by atoms with Gasteiger partial charge in [-0.1, -0.05) is 0 Å². The van der Waals surface area contributed by atoms with Crippen LogP contribution in [0.5, 0.6) is 5.75 Å². The molecule has 0 aromatic heterocycles. The second-order valence-corrected chi connectivity index (χ2v) is 3.84. The maximum Gasteiger partial charge on any atom is 0.243 e. The number of ketones is 1. The molecule has 1 amide bonds. The summed E-state index contributed by atoms with van der Waals surface area (Å²) in [6, 6.07) is 6.90. The Morgan fingerprint density at radius 2 is 1.74 bits per heavy atom. The minimum absolute atomic E-state index is 0.0744. The Balaban J connectivity index is 2.42. The van der Waals surface area contributed by atoms with E-state index < -0.39 is 0 Å². The minimum Gasteiger partial charge on any atom is -0.494 e. The predicted octanol–water partition coefficient (Wildman–Crippen LogP) is 2.12. The maximum absolute atomic E-state index is 11.8. The van der Waals surface area contributed by atoms with E-state index in [0.717, 1.165) is 5.75 Å². The molecule has 0 saturated heterocycles. The van der Waals surface area contributed by atoms with Crippen LogP contribution in [-0.4, -0.2) is 24.9 Å². The highest BCUT2D eigenvalue weighted by Crippen LogP contribution is 2.13. The molecule has 5 nitrogen and oxygen atoms in total. The fraction of sp³-hybridized carbons (Fsp3) is 0.429. The first-order valence-corrected chi connectivity index (χ1v) is 6.34. The summed E-state index contributed by atoms with van der Waals surface area (Å²) in [7, 11) is 0. The summed E-state index contributed by atoms with van der Waals surface area (Å²) >= 11 is 0. The zero-order valence-corrected chi connectivity index (χ0v) is 11.3. The molecule has 1 aromatic carbocycles. The van der Waals surface area contributed by atoms with Crippen molar-refractivity contribution in [2.24, 2.45) is 0 Å². The molecule has 0 aliphatic heterocycles. The molecule has 5 heteroatoms. The van der Waals surface area contributed by atoms with Crippen molar-refractivity contribution in [1.29, 1.82) is 0 Å². The number of Topliss-reactive ketones (excluding diaryl/α,β-unsaturated/α-hetero) is 1. The molecule has 0 heterocycles. The van der Waals surface area contributed by atoms with Gasteiger partial charge in [-0.15, -0.1) is 0 Å². The van der Waals surface area contributed by atoms with E-state index in [1.807, 2.05) is 6.92 Å². The van der Waals surface area contributed by atoms with Crippen molar-refractivity contribution in [2.75, 3.05) is 13.2 Å². The van der Waals surface area contributed by atoms with Crippen LogP contribution in [0.4, 0.5) is 0 Å². The molecule has 1 aromatic rings. The van der Waals surface area contributed by atoms with Crippen molar-refractivity contribution in [2.45, 2.75) is 26.7 Å². The van der Waals surface area contributed by atoms with Gasteiger partial charge in [-0.25, -0.2) is 5.48 Å². The summed E-state index contributed by atoms with van der Waals surface area (Å²) in [5.41, 5.74) is 2.83. The fourth-order valence-electron chi connectivity index (χ4n) is 1.48. The quantitative estimate of drug-likeness (QED) is 0.577. The van der Waals surface area contributed by atoms with Gasteiger partial charge in [0, 0.05) is 18.4 Å². The van der Waals surface area contributed by atoms with Crippen LogP contribution in [0.3, 0.4) is 0 Å². The topological polar surface area (TPSA) is 64.6 Å². The first-order chi connectivity index (χ1) is 9.17. The maximum atomic E-state index is 11.8. The fourth-order valence-corrected chi connectivity index (χ4v) is 1.48. The lowest BCUT2D eigenvalue weighted by Gasteiger charge is -2.05. The summed E-state index contributed by atoms with van der Waals surface area (Å²) in [6.45, 7) is 4.66. The molecule has 0 unspecified atom stereocenters. The highest BCUT2D eigenvalue weighted by atomic mass is 16.6. The summed E-state index contributed by atoms with van der Waals surface area (Å²) in [4.78, 5) is 27.8. The molecule has 19 heavy (non-hydrogen) atoms. The van der Waals surface area contributed by atoms with E-state index >= 15 is 0 Å². The number of hydrogen-bond acceptors (Lipinski definition) is 4.